The molecule has 238 valence electrons. The van der Waals surface area contributed by atoms with Crippen LogP contribution in [0.2, 0.25) is 0 Å². The summed E-state index contributed by atoms with van der Waals surface area (Å²) in [5.41, 5.74) is 2.87. The molecule has 0 unspecified atom stereocenters. The second kappa shape index (κ2) is 10.2. The molecular weight excluding hydrogens is 540 g/mol. The molecule has 0 saturated heterocycles. The zero-order valence-electron chi connectivity index (χ0n) is 28.3. The number of fused-ring (bicyclic) bond motifs is 8. The Morgan fingerprint density at radius 2 is 1.59 bits per heavy atom. The molecule has 0 heterocycles. The fraction of sp³-hybridized carbons (Fsp3) is 0.683. The molecule has 10 atom stereocenters. The minimum atomic E-state index is -0.182. The van der Waals surface area contributed by atoms with Crippen LogP contribution in [-0.4, -0.2) is 23.8 Å². The van der Waals surface area contributed by atoms with E-state index in [9.17, 15) is 9.90 Å². The maximum Gasteiger partial charge on any atom is 0.338 e. The zero-order chi connectivity index (χ0) is 31.3. The third-order valence-electron chi connectivity index (χ3n) is 15.7. The highest BCUT2D eigenvalue weighted by Gasteiger charge is 2.71. The maximum atomic E-state index is 13.7. The first-order chi connectivity index (χ1) is 20.8. The van der Waals surface area contributed by atoms with Gasteiger partial charge >= 0.3 is 5.97 Å². The Morgan fingerprint density at radius 1 is 0.841 bits per heavy atom. The van der Waals surface area contributed by atoms with Gasteiger partial charge < -0.3 is 9.84 Å². The molecule has 3 nitrogen and oxygen atoms in total. The molecule has 0 aromatic heterocycles. The summed E-state index contributed by atoms with van der Waals surface area (Å²) in [6, 6.07) is 14.1. The summed E-state index contributed by atoms with van der Waals surface area (Å²) in [4.78, 5) is 13.7. The molecule has 0 bridgehead atoms. The highest BCUT2D eigenvalue weighted by atomic mass is 16.5. The van der Waals surface area contributed by atoms with Crippen molar-refractivity contribution in [3.8, 4) is 0 Å². The van der Waals surface area contributed by atoms with Gasteiger partial charge in [0, 0.05) is 5.41 Å². The molecule has 0 radical (unpaired) electrons. The number of carbonyl (C=O) groups is 1. The van der Waals surface area contributed by atoms with Gasteiger partial charge in [0.2, 0.25) is 0 Å². The quantitative estimate of drug-likeness (QED) is 0.282. The van der Waals surface area contributed by atoms with Crippen molar-refractivity contribution in [2.45, 2.75) is 112 Å². The van der Waals surface area contributed by atoms with Gasteiger partial charge in [0.15, 0.2) is 0 Å². The average Bonchev–Trinajstić information content (AvgIpc) is 3.38. The summed E-state index contributed by atoms with van der Waals surface area (Å²) >= 11 is 0. The lowest BCUT2D eigenvalue weighted by molar-refractivity contribution is -0.249. The predicted molar refractivity (Wildman–Crippen MR) is 179 cm³/mol. The third-order valence-corrected chi connectivity index (χ3v) is 15.7. The summed E-state index contributed by atoms with van der Waals surface area (Å²) in [6.45, 7) is 20.0. The van der Waals surface area contributed by atoms with E-state index in [0.29, 0.717) is 41.8 Å². The molecule has 1 N–H and O–H groups in total. The lowest BCUT2D eigenvalue weighted by Gasteiger charge is -2.73. The van der Waals surface area contributed by atoms with Gasteiger partial charge in [-0.2, -0.15) is 0 Å². The minimum absolute atomic E-state index is 0.0156. The number of carbonyl (C=O) groups excluding carboxylic acids is 1. The van der Waals surface area contributed by atoms with E-state index in [1.54, 1.807) is 0 Å². The van der Waals surface area contributed by atoms with Crippen LogP contribution in [0.3, 0.4) is 0 Å². The van der Waals surface area contributed by atoms with E-state index < -0.39 is 0 Å². The minimum Gasteiger partial charge on any atom is -0.461 e. The van der Waals surface area contributed by atoms with Crippen LogP contribution in [-0.2, 0) is 4.74 Å². The fourth-order valence-electron chi connectivity index (χ4n) is 13.2. The number of allylic oxidation sites excluding steroid dienone is 1. The molecule has 44 heavy (non-hydrogen) atoms. The summed E-state index contributed by atoms with van der Waals surface area (Å²) in [6.07, 6.45) is 11.7. The van der Waals surface area contributed by atoms with Gasteiger partial charge in [-0.1, -0.05) is 83.2 Å². The van der Waals surface area contributed by atoms with Crippen LogP contribution in [0.15, 0.2) is 54.6 Å². The molecule has 0 aliphatic heterocycles. The summed E-state index contributed by atoms with van der Waals surface area (Å²) < 4.78 is 6.38. The largest absolute Gasteiger partial charge is 0.461 e. The Balaban J connectivity index is 1.20. The number of aliphatic hydroxyl groups is 1. The first-order valence-corrected chi connectivity index (χ1v) is 17.8. The van der Waals surface area contributed by atoms with E-state index in [1.807, 2.05) is 30.3 Å². The molecule has 0 amide bonds. The number of rotatable bonds is 4. The van der Waals surface area contributed by atoms with Gasteiger partial charge in [-0.05, 0) is 139 Å². The molecule has 3 heteroatoms. The van der Waals surface area contributed by atoms with Crippen molar-refractivity contribution in [3.05, 3.63) is 60.2 Å². The Kier molecular flexibility index (Phi) is 7.06. The second-order valence-electron chi connectivity index (χ2n) is 17.5. The highest BCUT2D eigenvalue weighted by molar-refractivity contribution is 6.04. The molecule has 0 spiro atoms. The molecule has 7 rings (SSSR count). The first-order valence-electron chi connectivity index (χ1n) is 17.8. The Morgan fingerprint density at radius 3 is 2.36 bits per heavy atom. The number of hydrogen-bond donors (Lipinski definition) is 1. The van der Waals surface area contributed by atoms with Gasteiger partial charge in [0.1, 0.15) is 0 Å². The van der Waals surface area contributed by atoms with Crippen molar-refractivity contribution in [2.75, 3.05) is 6.61 Å². The maximum absolute atomic E-state index is 13.7. The summed E-state index contributed by atoms with van der Waals surface area (Å²) in [7, 11) is 0. The van der Waals surface area contributed by atoms with Crippen LogP contribution in [0, 0.1) is 56.7 Å². The lowest BCUT2D eigenvalue weighted by Crippen LogP contribution is -2.66. The van der Waals surface area contributed by atoms with Crippen LogP contribution < -0.4 is 0 Å². The Labute approximate surface area is 266 Å². The van der Waals surface area contributed by atoms with E-state index in [-0.39, 0.29) is 39.1 Å². The molecular formula is C41H56O3. The standard InChI is InChI=1S/C41H56O3/c1-26(2)28-17-22-41(25-44-36(43)30-14-10-12-27-11-8-9-13-29(27)30)24-23-39(6)31(35(28)41)15-16-33-38(5)20-19-34(42)37(3,4)32(38)18-21-40(33,39)7/h8-14,28,31-35,42H,1,15-25H2,2-7H3/t28-,31+,32-,33+,34-,35+,38-,39+,40+,41+/m0/s1. The summed E-state index contributed by atoms with van der Waals surface area (Å²) in [5.74, 6) is 2.76. The monoisotopic (exact) mass is 596 g/mol. The van der Waals surface area contributed by atoms with Gasteiger partial charge in [-0.15, -0.1) is 0 Å². The lowest BCUT2D eigenvalue weighted by atomic mass is 9.32. The normalized spacial score (nSPS) is 44.2. The van der Waals surface area contributed by atoms with Gasteiger partial charge in [-0.25, -0.2) is 4.79 Å². The molecule has 5 saturated carbocycles. The molecule has 2 aromatic carbocycles. The average molecular weight is 597 g/mol. The van der Waals surface area contributed by atoms with Crippen LogP contribution in [0.1, 0.15) is 116 Å². The number of benzene rings is 2. The van der Waals surface area contributed by atoms with E-state index in [0.717, 1.165) is 36.5 Å². The van der Waals surface area contributed by atoms with Crippen molar-refractivity contribution in [3.63, 3.8) is 0 Å². The number of hydrogen-bond acceptors (Lipinski definition) is 3. The van der Waals surface area contributed by atoms with Gasteiger partial charge in [0.05, 0.1) is 18.3 Å². The SMILES string of the molecule is C=C(C)[C@@H]1CC[C@]2(COC(=O)c3cccc4ccccc34)CC[C@]3(C)[C@H](CC[C@@H]4[C@@]5(C)CC[C@H](O)C(C)(C)[C@@H]5CC[C@]43C)[C@@H]12. The summed E-state index contributed by atoms with van der Waals surface area (Å²) in [5, 5.41) is 13.1. The molecule has 5 aliphatic rings. The van der Waals surface area contributed by atoms with Crippen molar-refractivity contribution in [1.82, 2.24) is 0 Å². The van der Waals surface area contributed by atoms with E-state index in [2.05, 4.69) is 60.3 Å². The number of esters is 1. The first kappa shape index (κ1) is 30.5. The predicted octanol–water partition coefficient (Wildman–Crippen LogP) is 10.0. The molecule has 2 aromatic rings. The van der Waals surface area contributed by atoms with Gasteiger partial charge in [-0.3, -0.25) is 0 Å². The Hall–Kier alpha value is -2.13. The smallest absolute Gasteiger partial charge is 0.338 e. The van der Waals surface area contributed by atoms with Crippen LogP contribution in [0.4, 0.5) is 0 Å². The molecule has 5 aliphatic carbocycles. The zero-order valence-corrected chi connectivity index (χ0v) is 28.3. The number of aliphatic hydroxyl groups excluding tert-OH is 1. The van der Waals surface area contributed by atoms with Gasteiger partial charge in [0.25, 0.3) is 0 Å². The Bertz CT molecular complexity index is 1470. The van der Waals surface area contributed by atoms with Crippen molar-refractivity contribution in [1.29, 1.82) is 0 Å². The van der Waals surface area contributed by atoms with Crippen molar-refractivity contribution >= 4 is 16.7 Å². The molecule has 5 fully saturated rings. The van der Waals surface area contributed by atoms with Crippen LogP contribution in [0.25, 0.3) is 10.8 Å². The van der Waals surface area contributed by atoms with E-state index in [4.69, 9.17) is 4.74 Å². The second-order valence-corrected chi connectivity index (χ2v) is 17.5. The van der Waals surface area contributed by atoms with Crippen LogP contribution in [0.5, 0.6) is 0 Å². The van der Waals surface area contributed by atoms with Crippen LogP contribution >= 0.6 is 0 Å². The topological polar surface area (TPSA) is 46.5 Å². The van der Waals surface area contributed by atoms with Crippen molar-refractivity contribution < 1.29 is 14.6 Å². The highest BCUT2D eigenvalue weighted by Crippen LogP contribution is 2.77. The van der Waals surface area contributed by atoms with E-state index in [1.165, 1.54) is 44.1 Å². The fourth-order valence-corrected chi connectivity index (χ4v) is 13.2. The van der Waals surface area contributed by atoms with Crippen molar-refractivity contribution in [2.24, 2.45) is 56.7 Å². The third kappa shape index (κ3) is 4.06. The number of ether oxygens (including phenoxy) is 1. The van der Waals surface area contributed by atoms with E-state index >= 15 is 0 Å².